The Bertz CT molecular complexity index is 849. The van der Waals surface area contributed by atoms with Gasteiger partial charge in [-0.1, -0.05) is 6.07 Å². The van der Waals surface area contributed by atoms with Gasteiger partial charge in [-0.15, -0.1) is 0 Å². The molecule has 1 unspecified atom stereocenters. The quantitative estimate of drug-likeness (QED) is 0.804. The first-order chi connectivity index (χ1) is 11.9. The van der Waals surface area contributed by atoms with E-state index in [9.17, 15) is 26.6 Å². The fourth-order valence-corrected chi connectivity index (χ4v) is 3.21. The largest absolute Gasteiger partial charge is 0.417 e. The lowest BCUT2D eigenvalue weighted by Crippen LogP contribution is -2.41. The number of benzene rings is 1. The molecule has 1 aromatic carbocycles. The summed E-state index contributed by atoms with van der Waals surface area (Å²) in [6.07, 6.45) is -3.96. The van der Waals surface area contributed by atoms with Crippen molar-refractivity contribution in [1.29, 1.82) is 0 Å². The van der Waals surface area contributed by atoms with Gasteiger partial charge in [0, 0.05) is 6.20 Å². The predicted octanol–water partition coefficient (Wildman–Crippen LogP) is 4.07. The van der Waals surface area contributed by atoms with Crippen LogP contribution in [-0.4, -0.2) is 19.8 Å². The van der Waals surface area contributed by atoms with Gasteiger partial charge < -0.3 is 5.32 Å². The van der Waals surface area contributed by atoms with Gasteiger partial charge in [-0.05, 0) is 50.6 Å². The highest BCUT2D eigenvalue weighted by Gasteiger charge is 2.37. The van der Waals surface area contributed by atoms with Gasteiger partial charge in [-0.2, -0.15) is 13.2 Å². The number of halogens is 4. The fourth-order valence-electron chi connectivity index (χ4n) is 2.02. The van der Waals surface area contributed by atoms with Crippen molar-refractivity contribution in [3.05, 3.63) is 53.5 Å². The number of aromatic nitrogens is 1. The number of hydrogen-bond donors (Lipinski definition) is 1. The Labute approximate surface area is 150 Å². The molecular weight excluding hydrogens is 372 g/mol. The highest BCUT2D eigenvalue weighted by molar-refractivity contribution is 7.87. The minimum atomic E-state index is -4.54. The first-order valence-electron chi connectivity index (χ1n) is 7.45. The van der Waals surface area contributed by atoms with E-state index in [1.807, 2.05) is 0 Å². The van der Waals surface area contributed by atoms with Crippen LogP contribution < -0.4 is 5.32 Å². The summed E-state index contributed by atoms with van der Waals surface area (Å²) >= 11 is 0. The van der Waals surface area contributed by atoms with Crippen molar-refractivity contribution in [3.8, 4) is 0 Å². The van der Waals surface area contributed by atoms with Crippen molar-refractivity contribution in [2.75, 3.05) is 5.32 Å². The molecule has 4 nitrogen and oxygen atoms in total. The number of aryl methyl sites for hydroxylation is 1. The van der Waals surface area contributed by atoms with Gasteiger partial charge in [0.05, 0.1) is 21.3 Å². The van der Waals surface area contributed by atoms with E-state index < -0.39 is 39.0 Å². The minimum absolute atomic E-state index is 0.127. The number of nitrogens with one attached hydrogen (secondary N) is 1. The highest BCUT2D eigenvalue weighted by atomic mass is 32.2. The molecule has 0 aliphatic carbocycles. The number of amides is 1. The van der Waals surface area contributed by atoms with Gasteiger partial charge in [0.15, 0.2) is 0 Å². The molecule has 26 heavy (non-hydrogen) atoms. The van der Waals surface area contributed by atoms with Gasteiger partial charge in [0.25, 0.3) is 0 Å². The third-order valence-corrected chi connectivity index (χ3v) is 5.47. The number of alkyl halides is 3. The zero-order chi connectivity index (χ0) is 19.7. The lowest BCUT2D eigenvalue weighted by molar-refractivity contribution is -0.137. The smallest absolute Gasteiger partial charge is 0.309 e. The molecule has 0 saturated heterocycles. The van der Waals surface area contributed by atoms with Crippen LogP contribution in [0.4, 0.5) is 23.4 Å². The Morgan fingerprint density at radius 1 is 1.15 bits per heavy atom. The molecule has 1 amide bonds. The number of carbonyl (C=O) groups is 1. The topological polar surface area (TPSA) is 59.1 Å². The first kappa shape index (κ1) is 20.0. The van der Waals surface area contributed by atoms with Crippen molar-refractivity contribution < 1.29 is 26.6 Å². The maximum atomic E-state index is 14.0. The van der Waals surface area contributed by atoms with Gasteiger partial charge in [0.1, 0.15) is 16.4 Å². The summed E-state index contributed by atoms with van der Waals surface area (Å²) in [7, 11) is -2.03. The molecule has 0 saturated carbocycles. The minimum Gasteiger partial charge on any atom is -0.309 e. The number of anilines is 1. The summed E-state index contributed by atoms with van der Waals surface area (Å²) in [5.41, 5.74) is -0.320. The van der Waals surface area contributed by atoms with E-state index in [4.69, 9.17) is 0 Å². The molecule has 1 N–H and O–H groups in total. The Morgan fingerprint density at radius 3 is 2.31 bits per heavy atom. The zero-order valence-corrected chi connectivity index (χ0v) is 15.0. The molecule has 2 aromatic rings. The molecule has 0 radical (unpaired) electrons. The summed E-state index contributed by atoms with van der Waals surface area (Å²) in [6.45, 7) is 4.37. The van der Waals surface area contributed by atoms with Crippen LogP contribution in [0.5, 0.6) is 0 Å². The zero-order valence-electron chi connectivity index (χ0n) is 14.1. The van der Waals surface area contributed by atoms with Crippen LogP contribution in [0.15, 0.2) is 41.4 Å². The first-order valence-corrected chi connectivity index (χ1v) is 8.60. The summed E-state index contributed by atoms with van der Waals surface area (Å²) < 4.78 is 62.7. The van der Waals surface area contributed by atoms with Crippen LogP contribution >= 0.6 is 0 Å². The predicted molar refractivity (Wildman–Crippen MR) is 89.5 cm³/mol. The average molecular weight is 388 g/mol. The van der Waals surface area contributed by atoms with Crippen molar-refractivity contribution in [3.63, 3.8) is 0 Å². The molecule has 1 atom stereocenters. The van der Waals surface area contributed by atoms with Crippen LogP contribution in [0.1, 0.15) is 25.0 Å². The van der Waals surface area contributed by atoms with E-state index in [-0.39, 0.29) is 10.7 Å². The molecule has 2 rings (SSSR count). The van der Waals surface area contributed by atoms with Crippen LogP contribution in [0, 0.1) is 12.7 Å². The molecule has 9 heteroatoms. The van der Waals surface area contributed by atoms with E-state index in [2.05, 4.69) is 10.3 Å². The Morgan fingerprint density at radius 2 is 1.81 bits per heavy atom. The monoisotopic (exact) mass is 388 g/mol. The maximum absolute atomic E-state index is 14.0. The Kier molecular flexibility index (Phi) is 5.50. The molecular formula is C17H16F4N2O2S. The maximum Gasteiger partial charge on any atom is 0.417 e. The Hall–Kier alpha value is -2.29. The third-order valence-electron chi connectivity index (χ3n) is 3.63. The molecule has 0 bridgehead atoms. The normalized spacial score (nSPS) is 13.3. The lowest BCUT2D eigenvalue weighted by Gasteiger charge is -2.23. The van der Waals surface area contributed by atoms with Gasteiger partial charge in [-0.3, -0.25) is 9.00 Å². The molecule has 0 aliphatic heterocycles. The van der Waals surface area contributed by atoms with Gasteiger partial charge >= 0.3 is 6.18 Å². The third kappa shape index (κ3) is 4.27. The molecule has 1 heterocycles. The van der Waals surface area contributed by atoms with E-state index in [0.29, 0.717) is 11.8 Å². The number of pyridine rings is 1. The van der Waals surface area contributed by atoms with E-state index >= 15 is 0 Å². The number of rotatable bonds is 4. The number of nitrogens with zero attached hydrogens (tertiary/aromatic N) is 1. The van der Waals surface area contributed by atoms with Crippen molar-refractivity contribution >= 4 is 22.5 Å². The van der Waals surface area contributed by atoms with Gasteiger partial charge in [0.2, 0.25) is 5.91 Å². The number of carbonyl (C=O) groups excluding carboxylic acids is 1. The summed E-state index contributed by atoms with van der Waals surface area (Å²) in [5.74, 6) is -1.59. The van der Waals surface area contributed by atoms with E-state index in [1.165, 1.54) is 26.0 Å². The van der Waals surface area contributed by atoms with Crippen molar-refractivity contribution in [2.24, 2.45) is 0 Å². The number of hydrogen-bond acceptors (Lipinski definition) is 3. The van der Waals surface area contributed by atoms with Crippen LogP contribution in [0.3, 0.4) is 0 Å². The SMILES string of the molecule is Cc1ccc(S(=O)C(C)(C)C(=O)Nc2ccc(C(F)(F)F)cn2)c(F)c1. The average Bonchev–Trinajstić information content (AvgIpc) is 2.53. The molecule has 1 aromatic heterocycles. The second-order valence-corrected chi connectivity index (χ2v) is 8.09. The Balaban J connectivity index is 2.20. The second-order valence-electron chi connectivity index (χ2n) is 6.10. The van der Waals surface area contributed by atoms with Crippen molar-refractivity contribution in [1.82, 2.24) is 4.98 Å². The molecule has 0 fully saturated rings. The lowest BCUT2D eigenvalue weighted by atomic mass is 10.2. The van der Waals surface area contributed by atoms with Crippen LogP contribution in [0.2, 0.25) is 0 Å². The fraction of sp³-hybridized carbons (Fsp3) is 0.294. The second kappa shape index (κ2) is 7.14. The van der Waals surface area contributed by atoms with E-state index in [1.54, 1.807) is 13.0 Å². The summed E-state index contributed by atoms with van der Waals surface area (Å²) in [6, 6.07) is 5.88. The van der Waals surface area contributed by atoms with Crippen molar-refractivity contribution in [2.45, 2.75) is 36.6 Å². The summed E-state index contributed by atoms with van der Waals surface area (Å²) in [4.78, 5) is 15.8. The summed E-state index contributed by atoms with van der Waals surface area (Å²) in [5, 5.41) is 2.31. The molecule has 0 spiro atoms. The van der Waals surface area contributed by atoms with Crippen LogP contribution in [0.25, 0.3) is 0 Å². The standard InChI is InChI=1S/C17H16F4N2O2S/c1-10-4-6-13(12(18)8-10)26(25)16(2,3)15(24)23-14-7-5-11(9-22-14)17(19,20)21/h4-9H,1-3H3,(H,22,23,24). The van der Waals surface area contributed by atoms with Crippen LogP contribution in [-0.2, 0) is 21.8 Å². The molecule has 0 aliphatic rings. The highest BCUT2D eigenvalue weighted by Crippen LogP contribution is 2.29. The molecule has 140 valence electrons. The van der Waals surface area contributed by atoms with Gasteiger partial charge in [-0.25, -0.2) is 9.37 Å². The van der Waals surface area contributed by atoms with E-state index in [0.717, 1.165) is 12.1 Å².